The third-order valence-electron chi connectivity index (χ3n) is 5.10. The molecule has 2 aliphatic rings. The van der Waals surface area contributed by atoms with Crippen molar-refractivity contribution in [2.24, 2.45) is 0 Å². The molecule has 0 N–H and O–H groups in total. The quantitative estimate of drug-likeness (QED) is 0.764. The first-order chi connectivity index (χ1) is 12.9. The molecule has 1 aromatic heterocycles. The van der Waals surface area contributed by atoms with Crippen molar-refractivity contribution in [3.63, 3.8) is 0 Å². The molecule has 27 heavy (non-hydrogen) atoms. The Morgan fingerprint density at radius 3 is 2.19 bits per heavy atom. The van der Waals surface area contributed by atoms with Crippen LogP contribution >= 0.6 is 0 Å². The molecule has 144 valence electrons. The number of hydrogen-bond donors (Lipinski definition) is 0. The van der Waals surface area contributed by atoms with Crippen LogP contribution in [-0.2, 0) is 6.18 Å². The molecule has 9 heteroatoms. The maximum absolute atomic E-state index is 13.0. The maximum Gasteiger partial charge on any atom is 0.433 e. The Balaban J connectivity index is 1.30. The summed E-state index contributed by atoms with van der Waals surface area (Å²) in [5, 5.41) is 0. The molecule has 3 heterocycles. The van der Waals surface area contributed by atoms with Crippen LogP contribution in [0.3, 0.4) is 0 Å². The van der Waals surface area contributed by atoms with Crippen LogP contribution in [0.5, 0.6) is 0 Å². The maximum atomic E-state index is 13.0. The summed E-state index contributed by atoms with van der Waals surface area (Å²) in [6, 6.07) is 7.65. The van der Waals surface area contributed by atoms with Crippen molar-refractivity contribution in [2.75, 3.05) is 49.1 Å². The molecule has 0 bridgehead atoms. The molecule has 0 amide bonds. The summed E-state index contributed by atoms with van der Waals surface area (Å²) in [7, 11) is 0. The van der Waals surface area contributed by atoms with Crippen LogP contribution in [0.4, 0.5) is 29.2 Å². The summed E-state index contributed by atoms with van der Waals surface area (Å²) >= 11 is 0. The predicted molar refractivity (Wildman–Crippen MR) is 93.2 cm³/mol. The zero-order valence-electron chi connectivity index (χ0n) is 14.5. The van der Waals surface area contributed by atoms with Gasteiger partial charge in [0.25, 0.3) is 0 Å². The molecular weight excluding hydrogens is 362 g/mol. The molecule has 0 unspecified atom stereocenters. The van der Waals surface area contributed by atoms with E-state index in [1.807, 2.05) is 0 Å². The van der Waals surface area contributed by atoms with Gasteiger partial charge in [0.05, 0.1) is 0 Å². The van der Waals surface area contributed by atoms with Crippen LogP contribution in [0.15, 0.2) is 36.5 Å². The lowest BCUT2D eigenvalue weighted by atomic mass is 10.1. The van der Waals surface area contributed by atoms with Crippen LogP contribution in [-0.4, -0.2) is 60.2 Å². The zero-order chi connectivity index (χ0) is 19.0. The number of nitrogens with zero attached hydrogens (tertiary/aromatic N) is 5. The third kappa shape index (κ3) is 3.83. The van der Waals surface area contributed by atoms with Gasteiger partial charge in [0.2, 0.25) is 5.95 Å². The molecule has 2 aromatic rings. The fourth-order valence-electron chi connectivity index (χ4n) is 3.51. The van der Waals surface area contributed by atoms with Crippen LogP contribution in [0, 0.1) is 5.82 Å². The van der Waals surface area contributed by atoms with Crippen molar-refractivity contribution < 1.29 is 17.6 Å². The predicted octanol–water partition coefficient (Wildman–Crippen LogP) is 2.65. The van der Waals surface area contributed by atoms with E-state index in [0.29, 0.717) is 19.1 Å². The molecule has 2 aliphatic heterocycles. The largest absolute Gasteiger partial charge is 0.433 e. The highest BCUT2D eigenvalue weighted by Crippen LogP contribution is 2.29. The zero-order valence-corrected chi connectivity index (χ0v) is 14.5. The molecule has 0 saturated carbocycles. The highest BCUT2D eigenvalue weighted by Gasteiger charge is 2.37. The summed E-state index contributed by atoms with van der Waals surface area (Å²) < 4.78 is 51.4. The molecule has 5 nitrogen and oxygen atoms in total. The Bertz CT molecular complexity index is 781. The average molecular weight is 381 g/mol. The highest BCUT2D eigenvalue weighted by atomic mass is 19.4. The minimum Gasteiger partial charge on any atom is -0.369 e. The van der Waals surface area contributed by atoms with Gasteiger partial charge in [0.15, 0.2) is 0 Å². The number of hydrogen-bond acceptors (Lipinski definition) is 5. The van der Waals surface area contributed by atoms with E-state index in [0.717, 1.165) is 44.1 Å². The molecular formula is C18H19F4N5. The van der Waals surface area contributed by atoms with Gasteiger partial charge in [-0.3, -0.25) is 4.90 Å². The van der Waals surface area contributed by atoms with Crippen molar-refractivity contribution >= 4 is 11.6 Å². The van der Waals surface area contributed by atoms with Crippen LogP contribution in [0.25, 0.3) is 0 Å². The molecule has 2 saturated heterocycles. The van der Waals surface area contributed by atoms with Gasteiger partial charge in [0, 0.05) is 57.2 Å². The van der Waals surface area contributed by atoms with E-state index in [2.05, 4.69) is 19.8 Å². The van der Waals surface area contributed by atoms with Crippen LogP contribution < -0.4 is 9.80 Å². The molecule has 2 fully saturated rings. The van der Waals surface area contributed by atoms with Crippen molar-refractivity contribution in [2.45, 2.75) is 12.2 Å². The summed E-state index contributed by atoms with van der Waals surface area (Å²) in [6.07, 6.45) is -3.31. The second-order valence-electron chi connectivity index (χ2n) is 6.80. The van der Waals surface area contributed by atoms with Gasteiger partial charge in [-0.2, -0.15) is 13.2 Å². The number of anilines is 2. The fourth-order valence-corrected chi connectivity index (χ4v) is 3.51. The van der Waals surface area contributed by atoms with E-state index < -0.39 is 11.9 Å². The number of halogens is 4. The normalized spacial score (nSPS) is 19.3. The van der Waals surface area contributed by atoms with E-state index in [1.165, 1.54) is 12.1 Å². The summed E-state index contributed by atoms with van der Waals surface area (Å²) in [5.74, 6) is -0.116. The van der Waals surface area contributed by atoms with Gasteiger partial charge in [0.1, 0.15) is 11.5 Å². The first-order valence-corrected chi connectivity index (χ1v) is 8.80. The monoisotopic (exact) mass is 381 g/mol. The summed E-state index contributed by atoms with van der Waals surface area (Å²) in [6.45, 7) is 4.64. The number of piperazine rings is 1. The Morgan fingerprint density at radius 2 is 1.56 bits per heavy atom. The standard InChI is InChI=1S/C18H19F4N5/c19-13-1-3-14(4-2-13)25-7-9-26(10-8-25)15-11-27(12-15)17-23-6-5-16(24-17)18(20,21)22/h1-6,15H,7-12H2. The molecule has 0 radical (unpaired) electrons. The minimum atomic E-state index is -4.46. The molecule has 0 aliphatic carbocycles. The first-order valence-electron chi connectivity index (χ1n) is 8.80. The van der Waals surface area contributed by atoms with E-state index in [1.54, 1.807) is 17.0 Å². The van der Waals surface area contributed by atoms with Gasteiger partial charge in [-0.1, -0.05) is 0 Å². The topological polar surface area (TPSA) is 35.5 Å². The smallest absolute Gasteiger partial charge is 0.369 e. The Labute approximate surface area is 154 Å². The molecule has 0 spiro atoms. The second kappa shape index (κ2) is 6.95. The Morgan fingerprint density at radius 1 is 0.889 bits per heavy atom. The van der Waals surface area contributed by atoms with Gasteiger partial charge >= 0.3 is 6.18 Å². The molecule has 1 aromatic carbocycles. The highest BCUT2D eigenvalue weighted by molar-refractivity contribution is 5.46. The van der Waals surface area contributed by atoms with Crippen molar-refractivity contribution in [1.82, 2.24) is 14.9 Å². The average Bonchev–Trinajstić information content (AvgIpc) is 2.61. The van der Waals surface area contributed by atoms with Gasteiger partial charge in [-0.05, 0) is 30.3 Å². The van der Waals surface area contributed by atoms with Gasteiger partial charge < -0.3 is 9.80 Å². The lowest BCUT2D eigenvalue weighted by Gasteiger charge is -2.48. The Hall–Kier alpha value is -2.42. The molecule has 4 rings (SSSR count). The van der Waals surface area contributed by atoms with Crippen LogP contribution in [0.2, 0.25) is 0 Å². The molecule has 0 atom stereocenters. The lowest BCUT2D eigenvalue weighted by Crippen LogP contribution is -2.63. The number of benzene rings is 1. The number of rotatable bonds is 3. The summed E-state index contributed by atoms with van der Waals surface area (Å²) in [5.41, 5.74) is 0.0903. The van der Waals surface area contributed by atoms with Crippen molar-refractivity contribution in [3.05, 3.63) is 48.0 Å². The summed E-state index contributed by atoms with van der Waals surface area (Å²) in [4.78, 5) is 13.9. The fraction of sp³-hybridized carbons (Fsp3) is 0.444. The SMILES string of the molecule is Fc1ccc(N2CCN(C3CN(c4nccc(C(F)(F)F)n4)C3)CC2)cc1. The lowest BCUT2D eigenvalue weighted by molar-refractivity contribution is -0.141. The van der Waals surface area contributed by atoms with Crippen molar-refractivity contribution in [1.29, 1.82) is 0 Å². The van der Waals surface area contributed by atoms with Crippen LogP contribution in [0.1, 0.15) is 5.69 Å². The first kappa shape index (κ1) is 18.0. The van der Waals surface area contributed by atoms with E-state index in [9.17, 15) is 17.6 Å². The van der Waals surface area contributed by atoms with Gasteiger partial charge in [-0.25, -0.2) is 14.4 Å². The number of aromatic nitrogens is 2. The van der Waals surface area contributed by atoms with Gasteiger partial charge in [-0.15, -0.1) is 0 Å². The Kier molecular flexibility index (Phi) is 4.63. The number of alkyl halides is 3. The second-order valence-corrected chi connectivity index (χ2v) is 6.80. The van der Waals surface area contributed by atoms with E-state index in [-0.39, 0.29) is 11.8 Å². The third-order valence-corrected chi connectivity index (χ3v) is 5.10. The van der Waals surface area contributed by atoms with Crippen molar-refractivity contribution in [3.8, 4) is 0 Å². The minimum absolute atomic E-state index is 0.131. The van der Waals surface area contributed by atoms with E-state index >= 15 is 0 Å². The van der Waals surface area contributed by atoms with E-state index in [4.69, 9.17) is 0 Å².